The van der Waals surface area contributed by atoms with E-state index in [1.165, 1.54) is 16.0 Å². The van der Waals surface area contributed by atoms with Crippen molar-refractivity contribution in [2.75, 3.05) is 6.26 Å². The summed E-state index contributed by atoms with van der Waals surface area (Å²) >= 11 is 1.68. The van der Waals surface area contributed by atoms with Crippen LogP contribution < -0.4 is 0 Å². The first-order valence-corrected chi connectivity index (χ1v) is 6.55. The number of aryl methyl sites for hydroxylation is 2. The Kier molecular flexibility index (Phi) is 4.42. The minimum atomic E-state index is -0.731. The molecule has 1 N–H and O–H groups in total. The number of thioether (sulfide) groups is 1. The lowest BCUT2D eigenvalue weighted by molar-refractivity contribution is -0.141. The maximum Gasteiger partial charge on any atom is 0.306 e. The van der Waals surface area contributed by atoms with Crippen LogP contribution in [0.25, 0.3) is 0 Å². The lowest BCUT2D eigenvalue weighted by Crippen LogP contribution is -2.13. The van der Waals surface area contributed by atoms with E-state index in [0.29, 0.717) is 6.42 Å². The fraction of sp³-hybridized carbons (Fsp3) is 0.462. The summed E-state index contributed by atoms with van der Waals surface area (Å²) in [5.41, 5.74) is 3.63. The van der Waals surface area contributed by atoms with Crippen LogP contribution in [0.1, 0.15) is 23.6 Å². The van der Waals surface area contributed by atoms with Crippen LogP contribution in [0, 0.1) is 19.8 Å². The van der Waals surface area contributed by atoms with Gasteiger partial charge in [-0.25, -0.2) is 0 Å². The van der Waals surface area contributed by atoms with Gasteiger partial charge in [0.2, 0.25) is 0 Å². The summed E-state index contributed by atoms with van der Waals surface area (Å²) < 4.78 is 0. The highest BCUT2D eigenvalue weighted by molar-refractivity contribution is 7.98. The fourth-order valence-corrected chi connectivity index (χ4v) is 2.32. The Morgan fingerprint density at radius 1 is 1.38 bits per heavy atom. The second-order valence-electron chi connectivity index (χ2n) is 4.19. The maximum atomic E-state index is 10.8. The normalized spacial score (nSPS) is 12.5. The molecule has 0 radical (unpaired) electrons. The molecule has 16 heavy (non-hydrogen) atoms. The highest BCUT2D eigenvalue weighted by Crippen LogP contribution is 2.26. The SMILES string of the molecule is CSc1cc(C)c(C)cc1CC(C)C(=O)O. The predicted octanol–water partition coefficient (Wildman–Crippen LogP) is 3.29. The van der Waals surface area contributed by atoms with E-state index in [4.69, 9.17) is 5.11 Å². The van der Waals surface area contributed by atoms with Gasteiger partial charge < -0.3 is 5.11 Å². The summed E-state index contributed by atoms with van der Waals surface area (Å²) in [7, 11) is 0. The molecule has 2 nitrogen and oxygen atoms in total. The molecule has 0 fully saturated rings. The lowest BCUT2D eigenvalue weighted by Gasteiger charge is -2.13. The molecular weight excluding hydrogens is 220 g/mol. The number of hydrogen-bond donors (Lipinski definition) is 1. The van der Waals surface area contributed by atoms with E-state index in [-0.39, 0.29) is 5.92 Å². The third-order valence-electron chi connectivity index (χ3n) is 2.84. The van der Waals surface area contributed by atoms with E-state index >= 15 is 0 Å². The molecule has 0 spiro atoms. The van der Waals surface area contributed by atoms with Gasteiger partial charge in [0.1, 0.15) is 0 Å². The largest absolute Gasteiger partial charge is 0.481 e. The zero-order valence-corrected chi connectivity index (χ0v) is 11.0. The third kappa shape index (κ3) is 3.01. The molecule has 1 atom stereocenters. The molecule has 0 bridgehead atoms. The van der Waals surface area contributed by atoms with Gasteiger partial charge in [0.15, 0.2) is 0 Å². The van der Waals surface area contributed by atoms with Gasteiger partial charge in [0.05, 0.1) is 5.92 Å². The number of rotatable bonds is 4. The molecule has 0 aliphatic rings. The highest BCUT2D eigenvalue weighted by atomic mass is 32.2. The molecule has 0 aliphatic heterocycles. The molecule has 0 aliphatic carbocycles. The van der Waals surface area contributed by atoms with Gasteiger partial charge in [-0.3, -0.25) is 4.79 Å². The monoisotopic (exact) mass is 238 g/mol. The van der Waals surface area contributed by atoms with E-state index < -0.39 is 5.97 Å². The van der Waals surface area contributed by atoms with Gasteiger partial charge in [-0.15, -0.1) is 11.8 Å². The first-order valence-electron chi connectivity index (χ1n) is 5.32. The third-order valence-corrected chi connectivity index (χ3v) is 3.66. The van der Waals surface area contributed by atoms with Gasteiger partial charge in [-0.1, -0.05) is 13.0 Å². The average Bonchev–Trinajstić information content (AvgIpc) is 2.22. The zero-order chi connectivity index (χ0) is 12.3. The van der Waals surface area contributed by atoms with Crippen molar-refractivity contribution < 1.29 is 9.90 Å². The Balaban J connectivity index is 3.03. The number of carboxylic acids is 1. The number of carboxylic acid groups (broad SMARTS) is 1. The Labute approximate surface area is 101 Å². The van der Waals surface area contributed by atoms with E-state index in [1.54, 1.807) is 18.7 Å². The van der Waals surface area contributed by atoms with Crippen LogP contribution in [-0.2, 0) is 11.2 Å². The summed E-state index contributed by atoms with van der Waals surface area (Å²) in [5.74, 6) is -1.06. The Morgan fingerprint density at radius 2 is 1.94 bits per heavy atom. The first-order chi connectivity index (χ1) is 7.45. The van der Waals surface area contributed by atoms with E-state index in [9.17, 15) is 4.79 Å². The van der Waals surface area contributed by atoms with Gasteiger partial charge >= 0.3 is 5.97 Å². The molecule has 3 heteroatoms. The smallest absolute Gasteiger partial charge is 0.306 e. The second-order valence-corrected chi connectivity index (χ2v) is 5.04. The van der Waals surface area contributed by atoms with E-state index in [2.05, 4.69) is 26.0 Å². The average molecular weight is 238 g/mol. The van der Waals surface area contributed by atoms with Crippen LogP contribution in [0.15, 0.2) is 17.0 Å². The number of carbonyl (C=O) groups is 1. The molecule has 0 aromatic heterocycles. The molecule has 0 saturated carbocycles. The maximum absolute atomic E-state index is 10.8. The molecule has 0 heterocycles. The van der Waals surface area contributed by atoms with Gasteiger partial charge in [0.25, 0.3) is 0 Å². The topological polar surface area (TPSA) is 37.3 Å². The molecule has 88 valence electrons. The number of aliphatic carboxylic acids is 1. The summed E-state index contributed by atoms with van der Waals surface area (Å²) in [6.45, 7) is 5.90. The van der Waals surface area contributed by atoms with Gasteiger partial charge in [-0.05, 0) is 49.3 Å². The fourth-order valence-electron chi connectivity index (χ4n) is 1.62. The van der Waals surface area contributed by atoms with Crippen molar-refractivity contribution in [3.63, 3.8) is 0 Å². The van der Waals surface area contributed by atoms with E-state index in [1.807, 2.05) is 6.26 Å². The quantitative estimate of drug-likeness (QED) is 0.818. The van der Waals surface area contributed by atoms with Crippen LogP contribution in [0.5, 0.6) is 0 Å². The summed E-state index contributed by atoms with van der Waals surface area (Å²) in [5, 5.41) is 8.92. The lowest BCUT2D eigenvalue weighted by atomic mass is 9.98. The Hall–Kier alpha value is -0.960. The highest BCUT2D eigenvalue weighted by Gasteiger charge is 2.14. The van der Waals surface area contributed by atoms with Crippen LogP contribution in [-0.4, -0.2) is 17.3 Å². The van der Waals surface area contributed by atoms with Crippen LogP contribution in [0.2, 0.25) is 0 Å². The minimum Gasteiger partial charge on any atom is -0.481 e. The summed E-state index contributed by atoms with van der Waals surface area (Å²) in [6, 6.07) is 4.25. The van der Waals surface area contributed by atoms with Gasteiger partial charge in [-0.2, -0.15) is 0 Å². The van der Waals surface area contributed by atoms with Crippen molar-refractivity contribution >= 4 is 17.7 Å². The first kappa shape index (κ1) is 13.1. The predicted molar refractivity (Wildman–Crippen MR) is 68.2 cm³/mol. The molecule has 0 amide bonds. The summed E-state index contributed by atoms with van der Waals surface area (Å²) in [4.78, 5) is 12.0. The van der Waals surface area contributed by atoms with Gasteiger partial charge in [0, 0.05) is 4.90 Å². The van der Waals surface area contributed by atoms with Crippen molar-refractivity contribution in [3.05, 3.63) is 28.8 Å². The van der Waals surface area contributed by atoms with Crippen molar-refractivity contribution in [1.29, 1.82) is 0 Å². The molecular formula is C13H18O2S. The number of hydrogen-bond acceptors (Lipinski definition) is 2. The van der Waals surface area contributed by atoms with E-state index in [0.717, 1.165) is 5.56 Å². The summed E-state index contributed by atoms with van der Waals surface area (Å²) in [6.07, 6.45) is 2.63. The van der Waals surface area contributed by atoms with Crippen LogP contribution in [0.3, 0.4) is 0 Å². The Bertz CT molecular complexity index is 399. The van der Waals surface area contributed by atoms with Crippen molar-refractivity contribution in [1.82, 2.24) is 0 Å². The molecule has 0 saturated heterocycles. The molecule has 1 aromatic rings. The molecule has 1 aromatic carbocycles. The molecule has 1 unspecified atom stereocenters. The zero-order valence-electron chi connectivity index (χ0n) is 10.2. The van der Waals surface area contributed by atoms with Crippen LogP contribution >= 0.6 is 11.8 Å². The standard InChI is InChI=1S/C13H18O2S/c1-8-5-11(6-10(3)13(14)15)12(16-4)7-9(8)2/h5,7,10H,6H2,1-4H3,(H,14,15). The number of benzene rings is 1. The van der Waals surface area contributed by atoms with Crippen molar-refractivity contribution in [3.8, 4) is 0 Å². The van der Waals surface area contributed by atoms with Crippen LogP contribution in [0.4, 0.5) is 0 Å². The minimum absolute atomic E-state index is 0.326. The van der Waals surface area contributed by atoms with Crippen molar-refractivity contribution in [2.45, 2.75) is 32.1 Å². The Morgan fingerprint density at radius 3 is 2.44 bits per heavy atom. The second kappa shape index (κ2) is 5.39. The van der Waals surface area contributed by atoms with Crippen molar-refractivity contribution in [2.24, 2.45) is 5.92 Å². The molecule has 1 rings (SSSR count).